The molecule has 1 fully saturated rings. The van der Waals surface area contributed by atoms with Gasteiger partial charge in [-0.3, -0.25) is 0 Å². The van der Waals surface area contributed by atoms with E-state index in [-0.39, 0.29) is 13.0 Å². The highest BCUT2D eigenvalue weighted by molar-refractivity contribution is 5.22. The molecular weight excluding hydrogens is 267 g/mol. The van der Waals surface area contributed by atoms with Crippen molar-refractivity contribution in [2.75, 3.05) is 6.61 Å². The molecule has 112 valence electrons. The van der Waals surface area contributed by atoms with Crippen LogP contribution in [0.4, 0.5) is 13.2 Å². The minimum Gasteiger partial charge on any atom is -0.377 e. The van der Waals surface area contributed by atoms with Gasteiger partial charge in [-0.2, -0.15) is 13.2 Å². The molecule has 0 aromatic heterocycles. The molecule has 1 saturated carbocycles. The molecule has 5 heteroatoms. The predicted octanol–water partition coefficient (Wildman–Crippen LogP) is 3.80. The third kappa shape index (κ3) is 6.39. The number of benzene rings is 1. The fourth-order valence-corrected chi connectivity index (χ4v) is 1.87. The first-order chi connectivity index (χ1) is 9.53. The molecule has 0 aliphatic heterocycles. The molecule has 2 nitrogen and oxygen atoms in total. The van der Waals surface area contributed by atoms with Crippen molar-refractivity contribution in [2.24, 2.45) is 0 Å². The molecule has 0 radical (unpaired) electrons. The number of rotatable bonds is 8. The van der Waals surface area contributed by atoms with E-state index < -0.39 is 12.6 Å². The summed E-state index contributed by atoms with van der Waals surface area (Å²) in [4.78, 5) is 0. The van der Waals surface area contributed by atoms with Gasteiger partial charge in [0.2, 0.25) is 0 Å². The van der Waals surface area contributed by atoms with E-state index in [2.05, 4.69) is 5.32 Å². The zero-order valence-corrected chi connectivity index (χ0v) is 11.4. The van der Waals surface area contributed by atoms with E-state index in [1.807, 2.05) is 24.3 Å². The first-order valence-electron chi connectivity index (χ1n) is 6.99. The van der Waals surface area contributed by atoms with Crippen molar-refractivity contribution in [3.8, 4) is 0 Å². The zero-order valence-electron chi connectivity index (χ0n) is 11.4. The van der Waals surface area contributed by atoms with Gasteiger partial charge >= 0.3 is 6.18 Å². The predicted molar refractivity (Wildman–Crippen MR) is 71.2 cm³/mol. The summed E-state index contributed by atoms with van der Waals surface area (Å²) in [6.07, 6.45) is -2.31. The smallest absolute Gasteiger partial charge is 0.377 e. The van der Waals surface area contributed by atoms with Crippen LogP contribution in [0.2, 0.25) is 0 Å². The maximum absolute atomic E-state index is 11.9. The van der Waals surface area contributed by atoms with Gasteiger partial charge in [-0.1, -0.05) is 24.3 Å². The summed E-state index contributed by atoms with van der Waals surface area (Å²) < 4.78 is 41.0. The normalized spacial score (nSPS) is 15.6. The number of alkyl halides is 3. The zero-order chi connectivity index (χ0) is 14.4. The van der Waals surface area contributed by atoms with Gasteiger partial charge < -0.3 is 10.1 Å². The average molecular weight is 287 g/mol. The fourth-order valence-electron chi connectivity index (χ4n) is 1.87. The molecular formula is C15H20F3NO. The summed E-state index contributed by atoms with van der Waals surface area (Å²) in [5.41, 5.74) is 2.21. The largest absolute Gasteiger partial charge is 0.389 e. The Hall–Kier alpha value is -1.07. The number of hydrogen-bond acceptors (Lipinski definition) is 2. The second kappa shape index (κ2) is 7.09. The summed E-state index contributed by atoms with van der Waals surface area (Å²) in [6.45, 7) is 1.38. The Morgan fingerprint density at radius 2 is 1.75 bits per heavy atom. The van der Waals surface area contributed by atoms with Crippen LogP contribution in [0.1, 0.15) is 36.8 Å². The van der Waals surface area contributed by atoms with Gasteiger partial charge in [-0.15, -0.1) is 0 Å². The van der Waals surface area contributed by atoms with Gasteiger partial charge in [-0.05, 0) is 30.4 Å². The third-order valence-electron chi connectivity index (χ3n) is 3.21. The van der Waals surface area contributed by atoms with Crippen LogP contribution in [0, 0.1) is 0 Å². The minimum atomic E-state index is -4.08. The standard InChI is InChI=1S/C15H20F3NO/c16-15(17,18)8-1-9-20-11-13-4-2-12(3-5-13)10-19-14-6-7-14/h2-5,14,19H,1,6-11H2. The summed E-state index contributed by atoms with van der Waals surface area (Å²) in [7, 11) is 0. The molecule has 1 N–H and O–H groups in total. The van der Waals surface area contributed by atoms with E-state index in [1.165, 1.54) is 18.4 Å². The van der Waals surface area contributed by atoms with Gasteiger partial charge in [-0.25, -0.2) is 0 Å². The Bertz CT molecular complexity index is 399. The molecule has 0 spiro atoms. The van der Waals surface area contributed by atoms with Crippen molar-refractivity contribution in [1.82, 2.24) is 5.32 Å². The highest BCUT2D eigenvalue weighted by Crippen LogP contribution is 2.21. The van der Waals surface area contributed by atoms with Crippen LogP contribution in [0.15, 0.2) is 24.3 Å². The molecule has 20 heavy (non-hydrogen) atoms. The Morgan fingerprint density at radius 3 is 2.35 bits per heavy atom. The molecule has 0 heterocycles. The van der Waals surface area contributed by atoms with Crippen LogP contribution >= 0.6 is 0 Å². The number of halogens is 3. The first-order valence-corrected chi connectivity index (χ1v) is 6.99. The van der Waals surface area contributed by atoms with E-state index in [0.29, 0.717) is 12.6 Å². The topological polar surface area (TPSA) is 21.3 Å². The number of hydrogen-bond donors (Lipinski definition) is 1. The molecule has 0 unspecified atom stereocenters. The molecule has 1 aliphatic rings. The van der Waals surface area contributed by atoms with Gasteiger partial charge in [0.25, 0.3) is 0 Å². The van der Waals surface area contributed by atoms with Crippen molar-refractivity contribution in [2.45, 2.75) is 51.1 Å². The monoisotopic (exact) mass is 287 g/mol. The Kier molecular flexibility index (Phi) is 5.43. The van der Waals surface area contributed by atoms with Crippen LogP contribution in [0.25, 0.3) is 0 Å². The molecule has 1 aromatic carbocycles. The fraction of sp³-hybridized carbons (Fsp3) is 0.600. The maximum Gasteiger partial charge on any atom is 0.389 e. The highest BCUT2D eigenvalue weighted by Gasteiger charge is 2.25. The van der Waals surface area contributed by atoms with E-state index in [1.54, 1.807) is 0 Å². The summed E-state index contributed by atoms with van der Waals surface area (Å²) in [6, 6.07) is 8.68. The van der Waals surface area contributed by atoms with E-state index in [4.69, 9.17) is 4.74 Å². The third-order valence-corrected chi connectivity index (χ3v) is 3.21. The average Bonchev–Trinajstić information content (AvgIpc) is 3.20. The SMILES string of the molecule is FC(F)(F)CCCOCc1ccc(CNC2CC2)cc1. The number of ether oxygens (including phenoxy) is 1. The van der Waals surface area contributed by atoms with Crippen LogP contribution in [0.5, 0.6) is 0 Å². The van der Waals surface area contributed by atoms with Crippen molar-refractivity contribution in [3.63, 3.8) is 0 Å². The van der Waals surface area contributed by atoms with Crippen LogP contribution in [-0.4, -0.2) is 18.8 Å². The van der Waals surface area contributed by atoms with Crippen molar-refractivity contribution in [3.05, 3.63) is 35.4 Å². The molecule has 2 rings (SSSR count). The lowest BCUT2D eigenvalue weighted by atomic mass is 10.1. The second-order valence-electron chi connectivity index (χ2n) is 5.24. The van der Waals surface area contributed by atoms with Crippen molar-refractivity contribution < 1.29 is 17.9 Å². The highest BCUT2D eigenvalue weighted by atomic mass is 19.4. The maximum atomic E-state index is 11.9. The second-order valence-corrected chi connectivity index (χ2v) is 5.24. The first kappa shape index (κ1) is 15.3. The Balaban J connectivity index is 1.60. The Morgan fingerprint density at radius 1 is 1.10 bits per heavy atom. The van der Waals surface area contributed by atoms with Crippen LogP contribution in [-0.2, 0) is 17.9 Å². The molecule has 0 bridgehead atoms. The quantitative estimate of drug-likeness (QED) is 0.734. The van der Waals surface area contributed by atoms with E-state index in [0.717, 1.165) is 12.1 Å². The van der Waals surface area contributed by atoms with Gasteiger partial charge in [0.05, 0.1) is 6.61 Å². The molecule has 0 amide bonds. The lowest BCUT2D eigenvalue weighted by Gasteiger charge is -2.08. The van der Waals surface area contributed by atoms with Crippen molar-refractivity contribution >= 4 is 0 Å². The summed E-state index contributed by atoms with van der Waals surface area (Å²) >= 11 is 0. The summed E-state index contributed by atoms with van der Waals surface area (Å²) in [5, 5.41) is 3.43. The molecule has 0 atom stereocenters. The minimum absolute atomic E-state index is 0.0207. The van der Waals surface area contributed by atoms with Crippen molar-refractivity contribution in [1.29, 1.82) is 0 Å². The van der Waals surface area contributed by atoms with Gasteiger partial charge in [0.1, 0.15) is 0 Å². The van der Waals surface area contributed by atoms with Crippen LogP contribution in [0.3, 0.4) is 0 Å². The molecule has 0 saturated heterocycles. The van der Waals surface area contributed by atoms with Gasteiger partial charge in [0, 0.05) is 25.6 Å². The molecule has 1 aliphatic carbocycles. The Labute approximate surface area is 117 Å². The van der Waals surface area contributed by atoms with Crippen LogP contribution < -0.4 is 5.32 Å². The lowest BCUT2D eigenvalue weighted by Crippen LogP contribution is -2.15. The van der Waals surface area contributed by atoms with E-state index >= 15 is 0 Å². The lowest BCUT2D eigenvalue weighted by molar-refractivity contribution is -0.138. The van der Waals surface area contributed by atoms with Gasteiger partial charge in [0.15, 0.2) is 0 Å². The van der Waals surface area contributed by atoms with E-state index in [9.17, 15) is 13.2 Å². The number of nitrogens with one attached hydrogen (secondary N) is 1. The molecule has 1 aromatic rings. The summed E-state index contributed by atoms with van der Waals surface area (Å²) in [5.74, 6) is 0.